The molecule has 7 heteroatoms. The van der Waals surface area contributed by atoms with Gasteiger partial charge < -0.3 is 9.88 Å². The minimum Gasteiger partial charge on any atom is -0.342 e. The molecule has 1 amide bonds. The number of nitrogens with zero attached hydrogens (tertiary/aromatic N) is 1. The number of para-hydroxylation sites is 1. The van der Waals surface area contributed by atoms with Crippen LogP contribution in [0.5, 0.6) is 0 Å². The molecule has 4 rings (SSSR count). The number of hydrogen-bond donors (Lipinski definition) is 1. The van der Waals surface area contributed by atoms with Crippen LogP contribution in [0.1, 0.15) is 16.7 Å². The van der Waals surface area contributed by atoms with E-state index in [1.54, 1.807) is 0 Å². The molecule has 1 heterocycles. The summed E-state index contributed by atoms with van der Waals surface area (Å²) in [4.78, 5) is 13.3. The maximum Gasteiger partial charge on any atom is 0.416 e. The molecule has 1 N–H and O–H groups in total. The molecule has 32 heavy (non-hydrogen) atoms. The number of nitrogens with one attached hydrogen (secondary N) is 1. The molecule has 0 saturated heterocycles. The van der Waals surface area contributed by atoms with Crippen molar-refractivity contribution in [2.24, 2.45) is 0 Å². The standard InChI is InChI=1S/C25H21F3N2OS/c1-17-6-4-7-18(12-17)14-30-15-23(21-10-2-3-11-22(21)30)32-16-24(31)29-20-9-5-8-19(13-20)25(26,27)28/h2-13,15H,14,16H2,1H3,(H,29,31). The Bertz CT molecular complexity index is 1260. The van der Waals surface area contributed by atoms with Crippen LogP contribution in [0.3, 0.4) is 0 Å². The Morgan fingerprint density at radius 3 is 2.56 bits per heavy atom. The number of benzene rings is 3. The highest BCUT2D eigenvalue weighted by molar-refractivity contribution is 8.00. The van der Waals surface area contributed by atoms with Gasteiger partial charge >= 0.3 is 6.18 Å². The first-order chi connectivity index (χ1) is 15.3. The summed E-state index contributed by atoms with van der Waals surface area (Å²) in [5.74, 6) is -0.265. The van der Waals surface area contributed by atoms with Crippen LogP contribution in [-0.4, -0.2) is 16.2 Å². The van der Waals surface area contributed by atoms with Crippen molar-refractivity contribution >= 4 is 34.3 Å². The van der Waals surface area contributed by atoms with Crippen molar-refractivity contribution < 1.29 is 18.0 Å². The van der Waals surface area contributed by atoms with Gasteiger partial charge in [-0.15, -0.1) is 11.8 Å². The predicted molar refractivity (Wildman–Crippen MR) is 123 cm³/mol. The quantitative estimate of drug-likeness (QED) is 0.327. The van der Waals surface area contributed by atoms with E-state index in [2.05, 4.69) is 35.0 Å². The Balaban J connectivity index is 1.48. The fourth-order valence-electron chi connectivity index (χ4n) is 3.58. The summed E-state index contributed by atoms with van der Waals surface area (Å²) in [5, 5.41) is 3.60. The number of aryl methyl sites for hydroxylation is 1. The van der Waals surface area contributed by atoms with E-state index in [1.807, 2.05) is 36.5 Å². The lowest BCUT2D eigenvalue weighted by Gasteiger charge is -2.09. The first kappa shape index (κ1) is 22.0. The molecule has 0 radical (unpaired) electrons. The van der Waals surface area contributed by atoms with Crippen molar-refractivity contribution in [2.75, 3.05) is 11.1 Å². The highest BCUT2D eigenvalue weighted by Gasteiger charge is 2.30. The van der Waals surface area contributed by atoms with Crippen LogP contribution in [0.2, 0.25) is 0 Å². The van der Waals surface area contributed by atoms with Crippen LogP contribution >= 0.6 is 11.8 Å². The molecule has 0 aliphatic rings. The highest BCUT2D eigenvalue weighted by atomic mass is 32.2. The third-order valence-corrected chi connectivity index (χ3v) is 6.06. The maximum absolute atomic E-state index is 12.9. The first-order valence-electron chi connectivity index (χ1n) is 10.0. The second-order valence-electron chi connectivity index (χ2n) is 7.54. The van der Waals surface area contributed by atoms with Crippen molar-refractivity contribution in [3.05, 3.63) is 95.7 Å². The number of thioether (sulfide) groups is 1. The van der Waals surface area contributed by atoms with Gasteiger partial charge in [-0.2, -0.15) is 13.2 Å². The lowest BCUT2D eigenvalue weighted by Crippen LogP contribution is -2.15. The van der Waals surface area contributed by atoms with E-state index in [4.69, 9.17) is 0 Å². The SMILES string of the molecule is Cc1cccc(Cn2cc(SCC(=O)Nc3cccc(C(F)(F)F)c3)c3ccccc32)c1. The van der Waals surface area contributed by atoms with Gasteiger partial charge in [0.2, 0.25) is 5.91 Å². The molecule has 0 saturated carbocycles. The van der Waals surface area contributed by atoms with Crippen LogP contribution in [-0.2, 0) is 17.5 Å². The molecule has 0 bridgehead atoms. The summed E-state index contributed by atoms with van der Waals surface area (Å²) in [6, 6.07) is 20.9. The summed E-state index contributed by atoms with van der Waals surface area (Å²) in [6.45, 7) is 2.76. The number of rotatable bonds is 6. The molecule has 0 atom stereocenters. The van der Waals surface area contributed by atoms with Crippen molar-refractivity contribution in [1.82, 2.24) is 4.57 Å². The average Bonchev–Trinajstić information content (AvgIpc) is 3.09. The molecule has 1 aromatic heterocycles. The zero-order valence-electron chi connectivity index (χ0n) is 17.3. The minimum atomic E-state index is -4.45. The van der Waals surface area contributed by atoms with Crippen molar-refractivity contribution in [3.63, 3.8) is 0 Å². The van der Waals surface area contributed by atoms with E-state index >= 15 is 0 Å². The van der Waals surface area contributed by atoms with Gasteiger partial charge in [-0.25, -0.2) is 0 Å². The zero-order chi connectivity index (χ0) is 22.7. The second kappa shape index (κ2) is 9.12. The summed E-state index contributed by atoms with van der Waals surface area (Å²) in [6.07, 6.45) is -2.43. The van der Waals surface area contributed by atoms with Crippen molar-refractivity contribution in [3.8, 4) is 0 Å². The van der Waals surface area contributed by atoms with E-state index in [9.17, 15) is 18.0 Å². The van der Waals surface area contributed by atoms with Crippen molar-refractivity contribution in [1.29, 1.82) is 0 Å². The number of fused-ring (bicyclic) bond motifs is 1. The first-order valence-corrected chi connectivity index (χ1v) is 11.0. The van der Waals surface area contributed by atoms with Gasteiger partial charge in [-0.1, -0.05) is 54.1 Å². The van der Waals surface area contributed by atoms with Crippen LogP contribution in [0, 0.1) is 6.92 Å². The normalized spacial score (nSPS) is 11.6. The fraction of sp³-hybridized carbons (Fsp3) is 0.160. The number of hydrogen-bond acceptors (Lipinski definition) is 2. The predicted octanol–water partition coefficient (Wildman–Crippen LogP) is 6.75. The molecule has 164 valence electrons. The van der Waals surface area contributed by atoms with Gasteiger partial charge in [0.25, 0.3) is 0 Å². The Hall–Kier alpha value is -3.19. The third-order valence-electron chi connectivity index (χ3n) is 5.02. The van der Waals surface area contributed by atoms with Crippen LogP contribution in [0.15, 0.2) is 83.9 Å². The third kappa shape index (κ3) is 5.16. The van der Waals surface area contributed by atoms with Gasteiger partial charge in [0, 0.05) is 34.2 Å². The van der Waals surface area contributed by atoms with E-state index < -0.39 is 11.7 Å². The molecule has 4 aromatic rings. The summed E-state index contributed by atoms with van der Waals surface area (Å²) >= 11 is 1.37. The van der Waals surface area contributed by atoms with Crippen molar-refractivity contribution in [2.45, 2.75) is 24.5 Å². The topological polar surface area (TPSA) is 34.0 Å². The Kier molecular flexibility index (Phi) is 6.28. The molecule has 0 spiro atoms. The van der Waals surface area contributed by atoms with Gasteiger partial charge in [-0.05, 0) is 36.8 Å². The Labute approximate surface area is 188 Å². The molecule has 0 fully saturated rings. The molecule has 0 aliphatic heterocycles. The highest BCUT2D eigenvalue weighted by Crippen LogP contribution is 2.32. The Morgan fingerprint density at radius 2 is 1.78 bits per heavy atom. The molecule has 0 aliphatic carbocycles. The molecular weight excluding hydrogens is 433 g/mol. The van der Waals surface area contributed by atoms with E-state index in [1.165, 1.54) is 35.0 Å². The number of anilines is 1. The number of carbonyl (C=O) groups excluding carboxylic acids is 1. The number of aromatic nitrogens is 1. The fourth-order valence-corrected chi connectivity index (χ4v) is 4.47. The van der Waals surface area contributed by atoms with Gasteiger partial charge in [0.15, 0.2) is 0 Å². The van der Waals surface area contributed by atoms with E-state index in [-0.39, 0.29) is 17.3 Å². The van der Waals surface area contributed by atoms with Crippen LogP contribution in [0.4, 0.5) is 18.9 Å². The molecule has 3 nitrogen and oxygen atoms in total. The zero-order valence-corrected chi connectivity index (χ0v) is 18.1. The van der Waals surface area contributed by atoms with Gasteiger partial charge in [0.1, 0.15) is 0 Å². The second-order valence-corrected chi connectivity index (χ2v) is 8.56. The lowest BCUT2D eigenvalue weighted by molar-refractivity contribution is -0.137. The average molecular weight is 455 g/mol. The summed E-state index contributed by atoms with van der Waals surface area (Å²) in [7, 11) is 0. The number of halogens is 3. The summed E-state index contributed by atoms with van der Waals surface area (Å²) in [5.41, 5.74) is 2.79. The smallest absolute Gasteiger partial charge is 0.342 e. The van der Waals surface area contributed by atoms with E-state index in [0.29, 0.717) is 6.54 Å². The van der Waals surface area contributed by atoms with Crippen LogP contribution < -0.4 is 5.32 Å². The maximum atomic E-state index is 12.9. The number of carbonyl (C=O) groups is 1. The molecular formula is C25H21F3N2OS. The van der Waals surface area contributed by atoms with Crippen LogP contribution in [0.25, 0.3) is 10.9 Å². The van der Waals surface area contributed by atoms with E-state index in [0.717, 1.165) is 27.9 Å². The van der Waals surface area contributed by atoms with Gasteiger partial charge in [-0.3, -0.25) is 4.79 Å². The number of alkyl halides is 3. The van der Waals surface area contributed by atoms with Gasteiger partial charge in [0.05, 0.1) is 11.3 Å². The molecule has 0 unspecified atom stereocenters. The number of amides is 1. The largest absolute Gasteiger partial charge is 0.416 e. The lowest BCUT2D eigenvalue weighted by atomic mass is 10.1. The summed E-state index contributed by atoms with van der Waals surface area (Å²) < 4.78 is 40.8. The Morgan fingerprint density at radius 1 is 1.00 bits per heavy atom. The molecule has 3 aromatic carbocycles. The minimum absolute atomic E-state index is 0.0920. The monoisotopic (exact) mass is 454 g/mol.